The highest BCUT2D eigenvalue weighted by atomic mass is 19.1. The Labute approximate surface area is 199 Å². The highest BCUT2D eigenvalue weighted by Gasteiger charge is 2.31. The average Bonchev–Trinajstić information content (AvgIpc) is 2.87. The van der Waals surface area contributed by atoms with Crippen molar-refractivity contribution in [2.45, 2.75) is 25.4 Å². The third-order valence-electron chi connectivity index (χ3n) is 6.25. The highest BCUT2D eigenvalue weighted by molar-refractivity contribution is 5.94. The monoisotopic (exact) mass is 463 g/mol. The van der Waals surface area contributed by atoms with Gasteiger partial charge in [-0.05, 0) is 73.3 Å². The van der Waals surface area contributed by atoms with Gasteiger partial charge < -0.3 is 14.8 Å². The molecule has 3 aromatic rings. The average molecular weight is 464 g/mol. The molecule has 6 nitrogen and oxygen atoms in total. The number of piperidine rings is 1. The summed E-state index contributed by atoms with van der Waals surface area (Å²) >= 11 is 0. The molecule has 2 heterocycles. The molecule has 0 bridgehead atoms. The van der Waals surface area contributed by atoms with Crippen molar-refractivity contribution in [1.29, 1.82) is 0 Å². The zero-order valence-electron chi connectivity index (χ0n) is 19.5. The molecule has 34 heavy (non-hydrogen) atoms. The van der Waals surface area contributed by atoms with Crippen LogP contribution in [-0.4, -0.2) is 43.1 Å². The van der Waals surface area contributed by atoms with Gasteiger partial charge in [0.15, 0.2) is 11.5 Å². The van der Waals surface area contributed by atoms with Crippen LogP contribution in [0.2, 0.25) is 0 Å². The summed E-state index contributed by atoms with van der Waals surface area (Å²) in [5.41, 5.74) is 2.25. The molecular formula is C27H30FN3O3. The maximum atomic E-state index is 13.7. The van der Waals surface area contributed by atoms with Crippen molar-refractivity contribution in [2.24, 2.45) is 5.92 Å². The third kappa shape index (κ3) is 5.72. The number of aromatic nitrogens is 1. The van der Waals surface area contributed by atoms with Crippen LogP contribution in [0.3, 0.4) is 0 Å². The van der Waals surface area contributed by atoms with E-state index in [-0.39, 0.29) is 17.9 Å². The zero-order valence-corrected chi connectivity index (χ0v) is 19.5. The van der Waals surface area contributed by atoms with Crippen molar-refractivity contribution in [2.75, 3.05) is 27.3 Å². The minimum absolute atomic E-state index is 0.168. The summed E-state index contributed by atoms with van der Waals surface area (Å²) in [5.74, 6) is 0.856. The van der Waals surface area contributed by atoms with Crippen LogP contribution in [0.15, 0.2) is 66.9 Å². The minimum atomic E-state index is -0.430. The number of likely N-dealkylation sites (tertiary alicyclic amines) is 1. The molecule has 1 N–H and O–H groups in total. The van der Waals surface area contributed by atoms with Crippen LogP contribution < -0.4 is 14.8 Å². The molecule has 0 saturated carbocycles. The van der Waals surface area contributed by atoms with Gasteiger partial charge in [0.2, 0.25) is 0 Å². The SMILES string of the molecule is COc1ccc(CN2CCC[C@@H]([C@H](NC(=O)c3cccc(F)c3)c3ccccn3)C2)cc1OC. The molecule has 1 fully saturated rings. The molecule has 0 unspecified atom stereocenters. The van der Waals surface area contributed by atoms with Crippen LogP contribution in [-0.2, 0) is 6.54 Å². The summed E-state index contributed by atoms with van der Waals surface area (Å²) in [5, 5.41) is 3.13. The topological polar surface area (TPSA) is 63.7 Å². The van der Waals surface area contributed by atoms with Gasteiger partial charge in [0, 0.05) is 24.8 Å². The number of hydrogen-bond acceptors (Lipinski definition) is 5. The van der Waals surface area contributed by atoms with Crippen LogP contribution >= 0.6 is 0 Å². The molecule has 1 amide bonds. The number of pyridine rings is 1. The standard InChI is InChI=1S/C27H30FN3O3/c1-33-24-12-11-19(15-25(24)34-2)17-31-14-6-8-21(18-31)26(23-10-3-4-13-29-23)30-27(32)20-7-5-9-22(28)16-20/h3-5,7,9-13,15-16,21,26H,6,8,14,17-18H2,1-2H3,(H,30,32)/t21-,26+/m1/s1. The lowest BCUT2D eigenvalue weighted by molar-refractivity contribution is 0.0874. The third-order valence-corrected chi connectivity index (χ3v) is 6.25. The first kappa shape index (κ1) is 23.7. The Morgan fingerprint density at radius 3 is 2.71 bits per heavy atom. The minimum Gasteiger partial charge on any atom is -0.493 e. The Morgan fingerprint density at radius 1 is 1.12 bits per heavy atom. The number of methoxy groups -OCH3 is 2. The molecule has 2 atom stereocenters. The molecule has 0 spiro atoms. The van der Waals surface area contributed by atoms with Gasteiger partial charge in [0.05, 0.1) is 26.0 Å². The van der Waals surface area contributed by atoms with E-state index in [1.54, 1.807) is 32.5 Å². The molecule has 0 aliphatic carbocycles. The summed E-state index contributed by atoms with van der Waals surface area (Å²) in [7, 11) is 3.26. The van der Waals surface area contributed by atoms with Gasteiger partial charge in [0.25, 0.3) is 5.91 Å². The van der Waals surface area contributed by atoms with E-state index < -0.39 is 5.82 Å². The van der Waals surface area contributed by atoms with E-state index >= 15 is 0 Å². The largest absolute Gasteiger partial charge is 0.493 e. The Balaban J connectivity index is 1.52. The number of benzene rings is 2. The molecule has 1 saturated heterocycles. The fraction of sp³-hybridized carbons (Fsp3) is 0.333. The van der Waals surface area contributed by atoms with E-state index in [4.69, 9.17) is 9.47 Å². The predicted octanol–water partition coefficient (Wildman–Crippen LogP) is 4.62. The Bertz CT molecular complexity index is 1110. The van der Waals surface area contributed by atoms with Crippen LogP contribution in [0, 0.1) is 11.7 Å². The summed E-state index contributed by atoms with van der Waals surface area (Å²) < 4.78 is 24.5. The Morgan fingerprint density at radius 2 is 1.97 bits per heavy atom. The van der Waals surface area contributed by atoms with Crippen molar-refractivity contribution in [3.8, 4) is 11.5 Å². The van der Waals surface area contributed by atoms with Crippen LogP contribution in [0.1, 0.15) is 40.5 Å². The number of carbonyl (C=O) groups is 1. The van der Waals surface area contributed by atoms with E-state index in [9.17, 15) is 9.18 Å². The van der Waals surface area contributed by atoms with E-state index in [0.29, 0.717) is 17.1 Å². The number of amides is 1. The van der Waals surface area contributed by atoms with E-state index in [1.807, 2.05) is 36.4 Å². The normalized spacial score (nSPS) is 17.1. The number of rotatable bonds is 8. The van der Waals surface area contributed by atoms with Crippen molar-refractivity contribution in [1.82, 2.24) is 15.2 Å². The van der Waals surface area contributed by atoms with Gasteiger partial charge in [-0.2, -0.15) is 0 Å². The first-order valence-electron chi connectivity index (χ1n) is 11.5. The number of ether oxygens (including phenoxy) is 2. The van der Waals surface area contributed by atoms with Gasteiger partial charge in [-0.25, -0.2) is 4.39 Å². The van der Waals surface area contributed by atoms with E-state index in [2.05, 4.69) is 15.2 Å². The first-order chi connectivity index (χ1) is 16.6. The van der Waals surface area contributed by atoms with E-state index in [1.165, 1.54) is 12.1 Å². The summed E-state index contributed by atoms with van der Waals surface area (Å²) in [6, 6.07) is 17.2. The number of nitrogens with zero attached hydrogens (tertiary/aromatic N) is 2. The van der Waals surface area contributed by atoms with Crippen molar-refractivity contribution < 1.29 is 18.7 Å². The molecule has 7 heteroatoms. The second kappa shape index (κ2) is 11.1. The van der Waals surface area contributed by atoms with Gasteiger partial charge in [-0.15, -0.1) is 0 Å². The zero-order chi connectivity index (χ0) is 23.9. The second-order valence-electron chi connectivity index (χ2n) is 8.54. The first-order valence-corrected chi connectivity index (χ1v) is 11.5. The van der Waals surface area contributed by atoms with Gasteiger partial charge in [-0.3, -0.25) is 14.7 Å². The van der Waals surface area contributed by atoms with Gasteiger partial charge in [0.1, 0.15) is 5.82 Å². The fourth-order valence-electron chi connectivity index (χ4n) is 4.59. The fourth-order valence-corrected chi connectivity index (χ4v) is 4.59. The smallest absolute Gasteiger partial charge is 0.251 e. The predicted molar refractivity (Wildman–Crippen MR) is 128 cm³/mol. The molecule has 1 aliphatic rings. The van der Waals surface area contributed by atoms with Crippen molar-refractivity contribution in [3.05, 3.63) is 89.5 Å². The van der Waals surface area contributed by atoms with Gasteiger partial charge in [-0.1, -0.05) is 18.2 Å². The number of carbonyl (C=O) groups excluding carboxylic acids is 1. The van der Waals surface area contributed by atoms with Crippen LogP contribution in [0.5, 0.6) is 11.5 Å². The highest BCUT2D eigenvalue weighted by Crippen LogP contribution is 2.32. The van der Waals surface area contributed by atoms with Crippen LogP contribution in [0.25, 0.3) is 0 Å². The molecular weight excluding hydrogens is 433 g/mol. The lowest BCUT2D eigenvalue weighted by Crippen LogP contribution is -2.43. The molecule has 0 radical (unpaired) electrons. The van der Waals surface area contributed by atoms with Gasteiger partial charge >= 0.3 is 0 Å². The Kier molecular flexibility index (Phi) is 7.75. The number of nitrogens with one attached hydrogen (secondary N) is 1. The molecule has 4 rings (SSSR count). The number of halogens is 1. The number of hydrogen-bond donors (Lipinski definition) is 1. The van der Waals surface area contributed by atoms with Crippen molar-refractivity contribution in [3.63, 3.8) is 0 Å². The summed E-state index contributed by atoms with van der Waals surface area (Å²) in [6.07, 6.45) is 3.71. The summed E-state index contributed by atoms with van der Waals surface area (Å²) in [6.45, 7) is 2.54. The molecule has 1 aliphatic heterocycles. The van der Waals surface area contributed by atoms with Crippen molar-refractivity contribution >= 4 is 5.91 Å². The molecule has 178 valence electrons. The Hall–Kier alpha value is -3.45. The molecule has 1 aromatic heterocycles. The maximum Gasteiger partial charge on any atom is 0.251 e. The lowest BCUT2D eigenvalue weighted by atomic mass is 9.88. The lowest BCUT2D eigenvalue weighted by Gasteiger charge is -2.37. The molecule has 2 aromatic carbocycles. The second-order valence-corrected chi connectivity index (χ2v) is 8.54. The van der Waals surface area contributed by atoms with E-state index in [0.717, 1.165) is 43.7 Å². The maximum absolute atomic E-state index is 13.7. The summed E-state index contributed by atoms with van der Waals surface area (Å²) in [4.78, 5) is 19.9. The quantitative estimate of drug-likeness (QED) is 0.528. The van der Waals surface area contributed by atoms with Crippen LogP contribution in [0.4, 0.5) is 4.39 Å².